The van der Waals surface area contributed by atoms with Gasteiger partial charge >= 0.3 is 0 Å². The highest BCUT2D eigenvalue weighted by Gasteiger charge is 2.09. The summed E-state index contributed by atoms with van der Waals surface area (Å²) in [6.07, 6.45) is 0.410. The quantitative estimate of drug-likeness (QED) is 0.688. The first-order chi connectivity index (χ1) is 12.4. The van der Waals surface area contributed by atoms with E-state index >= 15 is 0 Å². The van der Waals surface area contributed by atoms with Gasteiger partial charge in [0.25, 0.3) is 0 Å². The summed E-state index contributed by atoms with van der Waals surface area (Å²) < 4.78 is 13.0. The van der Waals surface area contributed by atoms with E-state index in [0.29, 0.717) is 28.8 Å². The molecule has 0 spiro atoms. The molecule has 1 amide bonds. The highest BCUT2D eigenvalue weighted by Crippen LogP contribution is 2.17. The summed E-state index contributed by atoms with van der Waals surface area (Å²) in [5.41, 5.74) is 2.69. The van der Waals surface area contributed by atoms with Crippen LogP contribution in [0.3, 0.4) is 0 Å². The fourth-order valence-corrected chi connectivity index (χ4v) is 2.62. The molecule has 0 atom stereocenters. The molecule has 8 heteroatoms. The Morgan fingerprint density at radius 1 is 1.15 bits per heavy atom. The van der Waals surface area contributed by atoms with Crippen LogP contribution in [0.1, 0.15) is 20.3 Å². The summed E-state index contributed by atoms with van der Waals surface area (Å²) in [7, 11) is 0. The Bertz CT molecular complexity index is 952. The van der Waals surface area contributed by atoms with Crippen LogP contribution in [0.2, 0.25) is 0 Å². The van der Waals surface area contributed by atoms with Gasteiger partial charge in [-0.2, -0.15) is 4.80 Å². The van der Waals surface area contributed by atoms with Crippen LogP contribution in [0.15, 0.2) is 42.5 Å². The van der Waals surface area contributed by atoms with Crippen LogP contribution in [0.5, 0.6) is 0 Å². The molecule has 2 aromatic carbocycles. The molecule has 0 bridgehead atoms. The van der Waals surface area contributed by atoms with Crippen molar-refractivity contribution in [1.82, 2.24) is 20.3 Å². The third-order valence-corrected chi connectivity index (χ3v) is 3.75. The van der Waals surface area contributed by atoms with Crippen molar-refractivity contribution >= 4 is 40.0 Å². The van der Waals surface area contributed by atoms with E-state index < -0.39 is 0 Å². The number of carbonyl (C=O) groups is 1. The van der Waals surface area contributed by atoms with Crippen molar-refractivity contribution in [3.8, 4) is 5.69 Å². The predicted molar refractivity (Wildman–Crippen MR) is 103 cm³/mol. The van der Waals surface area contributed by atoms with E-state index in [1.54, 1.807) is 30.3 Å². The van der Waals surface area contributed by atoms with Gasteiger partial charge in [0.2, 0.25) is 5.91 Å². The number of carbonyl (C=O) groups excluding carboxylic acids is 1. The molecule has 0 unspecified atom stereocenters. The number of hydrogen-bond donors (Lipinski definition) is 2. The van der Waals surface area contributed by atoms with E-state index in [2.05, 4.69) is 20.8 Å². The molecule has 0 aliphatic carbocycles. The number of thiocarbonyl (C=S) groups is 1. The van der Waals surface area contributed by atoms with Crippen molar-refractivity contribution in [2.45, 2.75) is 20.3 Å². The highest BCUT2D eigenvalue weighted by atomic mass is 32.1. The van der Waals surface area contributed by atoms with Gasteiger partial charge in [-0.1, -0.05) is 13.8 Å². The molecule has 0 saturated carbocycles. The molecule has 0 saturated heterocycles. The molecule has 1 heterocycles. The minimum absolute atomic E-state index is 0.124. The number of halogens is 1. The zero-order chi connectivity index (χ0) is 18.7. The summed E-state index contributed by atoms with van der Waals surface area (Å²) in [6.45, 7) is 3.93. The van der Waals surface area contributed by atoms with Crippen molar-refractivity contribution in [3.63, 3.8) is 0 Å². The second-order valence-electron chi connectivity index (χ2n) is 6.27. The standard InChI is InChI=1S/C18H18FN5OS/c1-11(2)9-17(25)21-18(26)20-13-5-8-15-16(10-13)23-24(22-15)14-6-3-12(19)4-7-14/h3-8,10-11H,9H2,1-2H3,(H2,20,21,25,26). The maximum Gasteiger partial charge on any atom is 0.226 e. The SMILES string of the molecule is CC(C)CC(=O)NC(=S)Nc1ccc2nn(-c3ccc(F)cc3)nc2c1. The Kier molecular flexibility index (Phi) is 5.22. The van der Waals surface area contributed by atoms with E-state index in [1.807, 2.05) is 13.8 Å². The monoisotopic (exact) mass is 371 g/mol. The van der Waals surface area contributed by atoms with Crippen molar-refractivity contribution in [2.75, 3.05) is 5.32 Å². The van der Waals surface area contributed by atoms with Gasteiger partial charge in [-0.25, -0.2) is 4.39 Å². The maximum absolute atomic E-state index is 13.0. The number of aromatic nitrogens is 3. The number of nitrogens with one attached hydrogen (secondary N) is 2. The van der Waals surface area contributed by atoms with Gasteiger partial charge < -0.3 is 10.6 Å². The average Bonchev–Trinajstić information content (AvgIpc) is 2.97. The van der Waals surface area contributed by atoms with Crippen LogP contribution in [0, 0.1) is 11.7 Å². The molecule has 0 aliphatic rings. The second-order valence-corrected chi connectivity index (χ2v) is 6.68. The zero-order valence-electron chi connectivity index (χ0n) is 14.4. The number of rotatable bonds is 4. The van der Waals surface area contributed by atoms with E-state index in [-0.39, 0.29) is 22.8 Å². The molecular formula is C18H18FN5OS. The fraction of sp³-hybridized carbons (Fsp3) is 0.222. The van der Waals surface area contributed by atoms with Gasteiger partial charge in [0.05, 0.1) is 5.69 Å². The lowest BCUT2D eigenvalue weighted by atomic mass is 10.1. The smallest absolute Gasteiger partial charge is 0.226 e. The van der Waals surface area contributed by atoms with Crippen molar-refractivity contribution in [2.24, 2.45) is 5.92 Å². The zero-order valence-corrected chi connectivity index (χ0v) is 15.2. The largest absolute Gasteiger partial charge is 0.332 e. The Hall–Kier alpha value is -2.87. The Morgan fingerprint density at radius 2 is 1.85 bits per heavy atom. The van der Waals surface area contributed by atoms with Gasteiger partial charge in [0.15, 0.2) is 5.11 Å². The molecule has 3 rings (SSSR count). The second kappa shape index (κ2) is 7.57. The van der Waals surface area contributed by atoms with Crippen LogP contribution in [0.25, 0.3) is 16.7 Å². The van der Waals surface area contributed by atoms with Crippen molar-refractivity contribution in [1.29, 1.82) is 0 Å². The number of hydrogen-bond acceptors (Lipinski definition) is 4. The van der Waals surface area contributed by atoms with Crippen LogP contribution < -0.4 is 10.6 Å². The topological polar surface area (TPSA) is 71.8 Å². The third-order valence-electron chi connectivity index (χ3n) is 3.54. The van der Waals surface area contributed by atoms with Gasteiger partial charge in [-0.3, -0.25) is 4.79 Å². The minimum Gasteiger partial charge on any atom is -0.332 e. The average molecular weight is 371 g/mol. The third kappa shape index (κ3) is 4.40. The summed E-state index contributed by atoms with van der Waals surface area (Å²) in [4.78, 5) is 13.2. The highest BCUT2D eigenvalue weighted by molar-refractivity contribution is 7.80. The molecule has 2 N–H and O–H groups in total. The molecule has 26 heavy (non-hydrogen) atoms. The number of benzene rings is 2. The summed E-state index contributed by atoms with van der Waals surface area (Å²) in [5, 5.41) is 14.6. The van der Waals surface area contributed by atoms with Crippen LogP contribution >= 0.6 is 12.2 Å². The molecule has 6 nitrogen and oxygen atoms in total. The van der Waals surface area contributed by atoms with Crippen LogP contribution in [0.4, 0.5) is 10.1 Å². The Morgan fingerprint density at radius 3 is 2.54 bits per heavy atom. The fourth-order valence-electron chi connectivity index (χ4n) is 2.39. The lowest BCUT2D eigenvalue weighted by Gasteiger charge is -2.10. The van der Waals surface area contributed by atoms with E-state index in [0.717, 1.165) is 0 Å². The molecule has 3 aromatic rings. The van der Waals surface area contributed by atoms with Crippen LogP contribution in [-0.4, -0.2) is 26.0 Å². The molecule has 0 fully saturated rings. The van der Waals surface area contributed by atoms with Gasteiger partial charge in [-0.15, -0.1) is 10.2 Å². The predicted octanol–water partition coefficient (Wildman–Crippen LogP) is 3.42. The minimum atomic E-state index is -0.315. The van der Waals surface area contributed by atoms with E-state index in [9.17, 15) is 9.18 Å². The summed E-state index contributed by atoms with van der Waals surface area (Å²) >= 11 is 5.16. The Balaban J connectivity index is 1.74. The number of fused-ring (bicyclic) bond motifs is 1. The Labute approximate surface area is 155 Å². The lowest BCUT2D eigenvalue weighted by molar-refractivity contribution is -0.120. The molecule has 1 aromatic heterocycles. The van der Waals surface area contributed by atoms with Gasteiger partial charge in [-0.05, 0) is 60.6 Å². The van der Waals surface area contributed by atoms with Crippen LogP contribution in [-0.2, 0) is 4.79 Å². The first-order valence-electron chi connectivity index (χ1n) is 8.14. The number of nitrogens with zero attached hydrogens (tertiary/aromatic N) is 3. The van der Waals surface area contributed by atoms with E-state index in [1.165, 1.54) is 16.9 Å². The molecule has 134 valence electrons. The molecular weight excluding hydrogens is 353 g/mol. The van der Waals surface area contributed by atoms with E-state index in [4.69, 9.17) is 12.2 Å². The van der Waals surface area contributed by atoms with Crippen molar-refractivity contribution in [3.05, 3.63) is 48.3 Å². The summed E-state index contributed by atoms with van der Waals surface area (Å²) in [6, 6.07) is 11.3. The summed E-state index contributed by atoms with van der Waals surface area (Å²) in [5.74, 6) is -0.179. The number of anilines is 1. The van der Waals surface area contributed by atoms with Crippen molar-refractivity contribution < 1.29 is 9.18 Å². The number of amides is 1. The van der Waals surface area contributed by atoms with Gasteiger partial charge in [0, 0.05) is 12.1 Å². The normalized spacial score (nSPS) is 10.9. The van der Waals surface area contributed by atoms with Gasteiger partial charge in [0.1, 0.15) is 16.9 Å². The lowest BCUT2D eigenvalue weighted by Crippen LogP contribution is -2.34. The molecule has 0 aliphatic heterocycles. The first-order valence-corrected chi connectivity index (χ1v) is 8.55. The maximum atomic E-state index is 13.0. The molecule has 0 radical (unpaired) electrons. The first kappa shape index (κ1) is 17.9.